The fourth-order valence-corrected chi connectivity index (χ4v) is 2.44. The van der Waals surface area contributed by atoms with E-state index in [1.165, 1.54) is 11.3 Å². The number of aryl methyl sites for hydroxylation is 1. The average Bonchev–Trinajstić information content (AvgIpc) is 2.44. The normalized spacial score (nSPS) is 10.6. The second-order valence-corrected chi connectivity index (χ2v) is 4.09. The molecule has 0 radical (unpaired) electrons. The number of phenols is 1. The molecule has 0 aliphatic carbocycles. The molecule has 0 saturated heterocycles. The number of carboxylic acid groups (broad SMARTS) is 1. The van der Waals surface area contributed by atoms with Crippen LogP contribution in [-0.2, 0) is 0 Å². The van der Waals surface area contributed by atoms with Crippen LogP contribution in [0.3, 0.4) is 0 Å². The number of rotatable bonds is 1. The molecular formula is C10H8O3S. The molecule has 2 N–H and O–H groups in total. The molecule has 0 saturated carbocycles. The number of aromatic hydroxyl groups is 1. The summed E-state index contributed by atoms with van der Waals surface area (Å²) < 4.78 is 0.887. The number of fused-ring (bicyclic) bond motifs is 1. The number of thiophene rings is 1. The SMILES string of the molecule is Cc1c(C(=O)O)sc2ccc(O)cc12. The van der Waals surface area contributed by atoms with Crippen molar-refractivity contribution in [3.63, 3.8) is 0 Å². The number of hydrogen-bond acceptors (Lipinski definition) is 3. The van der Waals surface area contributed by atoms with Gasteiger partial charge in [0.05, 0.1) is 0 Å². The van der Waals surface area contributed by atoms with Crippen LogP contribution >= 0.6 is 11.3 Å². The summed E-state index contributed by atoms with van der Waals surface area (Å²) in [6, 6.07) is 4.88. The highest BCUT2D eigenvalue weighted by molar-refractivity contribution is 7.21. The predicted octanol–water partition coefficient (Wildman–Crippen LogP) is 2.61. The van der Waals surface area contributed by atoms with Crippen LogP contribution in [0.25, 0.3) is 10.1 Å². The molecule has 0 bridgehead atoms. The zero-order valence-corrected chi connectivity index (χ0v) is 8.26. The van der Waals surface area contributed by atoms with Gasteiger partial charge in [-0.1, -0.05) is 0 Å². The first-order valence-electron chi connectivity index (χ1n) is 4.05. The van der Waals surface area contributed by atoms with Gasteiger partial charge in [-0.05, 0) is 36.1 Å². The van der Waals surface area contributed by atoms with Gasteiger partial charge in [0, 0.05) is 4.70 Å². The lowest BCUT2D eigenvalue weighted by Gasteiger charge is -1.93. The first-order chi connectivity index (χ1) is 6.59. The Balaban J connectivity index is 2.80. The van der Waals surface area contributed by atoms with Crippen LogP contribution < -0.4 is 0 Å². The Morgan fingerprint density at radius 3 is 2.79 bits per heavy atom. The van der Waals surface area contributed by atoms with E-state index in [4.69, 9.17) is 5.11 Å². The number of carbonyl (C=O) groups is 1. The van der Waals surface area contributed by atoms with Gasteiger partial charge in [-0.15, -0.1) is 11.3 Å². The van der Waals surface area contributed by atoms with E-state index in [-0.39, 0.29) is 5.75 Å². The molecule has 0 atom stereocenters. The highest BCUT2D eigenvalue weighted by Crippen LogP contribution is 2.32. The third-order valence-corrected chi connectivity index (χ3v) is 3.37. The van der Waals surface area contributed by atoms with Crippen LogP contribution in [0.2, 0.25) is 0 Å². The number of hydrogen-bond donors (Lipinski definition) is 2. The van der Waals surface area contributed by atoms with Crippen molar-refractivity contribution in [2.75, 3.05) is 0 Å². The highest BCUT2D eigenvalue weighted by Gasteiger charge is 2.14. The van der Waals surface area contributed by atoms with Gasteiger partial charge in [-0.2, -0.15) is 0 Å². The van der Waals surface area contributed by atoms with Crippen molar-refractivity contribution < 1.29 is 15.0 Å². The lowest BCUT2D eigenvalue weighted by atomic mass is 10.1. The molecule has 0 amide bonds. The quantitative estimate of drug-likeness (QED) is 0.757. The standard InChI is InChI=1S/C10H8O3S/c1-5-7-4-6(11)2-3-8(7)14-9(5)10(12)13/h2-4,11H,1H3,(H,12,13). The largest absolute Gasteiger partial charge is 0.508 e. The Morgan fingerprint density at radius 2 is 2.14 bits per heavy atom. The molecule has 72 valence electrons. The van der Waals surface area contributed by atoms with Crippen LogP contribution in [0, 0.1) is 6.92 Å². The van der Waals surface area contributed by atoms with Gasteiger partial charge >= 0.3 is 5.97 Å². The molecule has 1 aromatic heterocycles. The Hall–Kier alpha value is -1.55. The van der Waals surface area contributed by atoms with Gasteiger partial charge in [-0.25, -0.2) is 4.79 Å². The van der Waals surface area contributed by atoms with E-state index < -0.39 is 5.97 Å². The number of benzene rings is 1. The lowest BCUT2D eigenvalue weighted by Crippen LogP contribution is -1.93. The third-order valence-electron chi connectivity index (χ3n) is 2.11. The average molecular weight is 208 g/mol. The molecule has 0 spiro atoms. The number of aromatic carboxylic acids is 1. The summed E-state index contributed by atoms with van der Waals surface area (Å²) in [7, 11) is 0. The van der Waals surface area contributed by atoms with Gasteiger partial charge in [0.25, 0.3) is 0 Å². The fraction of sp³-hybridized carbons (Fsp3) is 0.100. The molecule has 0 aliphatic heterocycles. The van der Waals surface area contributed by atoms with Gasteiger partial charge in [-0.3, -0.25) is 0 Å². The topological polar surface area (TPSA) is 57.5 Å². The minimum Gasteiger partial charge on any atom is -0.508 e. The van der Waals surface area contributed by atoms with Crippen LogP contribution in [0.1, 0.15) is 15.2 Å². The second kappa shape index (κ2) is 2.99. The van der Waals surface area contributed by atoms with Crippen molar-refractivity contribution in [2.24, 2.45) is 0 Å². The maximum Gasteiger partial charge on any atom is 0.346 e. The molecule has 1 heterocycles. The van der Waals surface area contributed by atoms with Crippen molar-refractivity contribution in [3.8, 4) is 5.75 Å². The van der Waals surface area contributed by atoms with E-state index in [0.717, 1.165) is 10.1 Å². The fourth-order valence-electron chi connectivity index (χ4n) is 1.41. The monoisotopic (exact) mass is 208 g/mol. The van der Waals surface area contributed by atoms with E-state index >= 15 is 0 Å². The van der Waals surface area contributed by atoms with E-state index in [9.17, 15) is 9.90 Å². The first-order valence-corrected chi connectivity index (χ1v) is 4.86. The molecule has 14 heavy (non-hydrogen) atoms. The Morgan fingerprint density at radius 1 is 1.43 bits per heavy atom. The highest BCUT2D eigenvalue weighted by atomic mass is 32.1. The van der Waals surface area contributed by atoms with Crippen molar-refractivity contribution in [1.29, 1.82) is 0 Å². The Kier molecular flexibility index (Phi) is 1.93. The van der Waals surface area contributed by atoms with Crippen LogP contribution in [0.5, 0.6) is 5.75 Å². The zero-order valence-electron chi connectivity index (χ0n) is 7.44. The number of carboxylic acids is 1. The van der Waals surface area contributed by atoms with Gasteiger partial charge in [0.1, 0.15) is 10.6 Å². The smallest absolute Gasteiger partial charge is 0.346 e. The summed E-state index contributed by atoms with van der Waals surface area (Å²) in [6.07, 6.45) is 0. The summed E-state index contributed by atoms with van der Waals surface area (Å²) in [4.78, 5) is 11.2. The summed E-state index contributed by atoms with van der Waals surface area (Å²) >= 11 is 1.23. The summed E-state index contributed by atoms with van der Waals surface area (Å²) in [5, 5.41) is 19.0. The third kappa shape index (κ3) is 1.24. The lowest BCUT2D eigenvalue weighted by molar-refractivity contribution is 0.0701. The van der Waals surface area contributed by atoms with Crippen LogP contribution in [-0.4, -0.2) is 16.2 Å². The first kappa shape index (κ1) is 9.02. The maximum atomic E-state index is 10.8. The molecule has 2 aromatic rings. The van der Waals surface area contributed by atoms with Gasteiger partial charge in [0.2, 0.25) is 0 Å². The molecule has 1 aromatic carbocycles. The van der Waals surface area contributed by atoms with Crippen LogP contribution in [0.15, 0.2) is 18.2 Å². The van der Waals surface area contributed by atoms with E-state index in [2.05, 4.69) is 0 Å². The van der Waals surface area contributed by atoms with E-state index in [1.807, 2.05) is 0 Å². The summed E-state index contributed by atoms with van der Waals surface area (Å²) in [5.74, 6) is -0.751. The van der Waals surface area contributed by atoms with Gasteiger partial charge < -0.3 is 10.2 Å². The molecule has 0 unspecified atom stereocenters. The second-order valence-electron chi connectivity index (χ2n) is 3.04. The summed E-state index contributed by atoms with van der Waals surface area (Å²) in [6.45, 7) is 1.75. The maximum absolute atomic E-state index is 10.8. The molecule has 0 fully saturated rings. The van der Waals surface area contributed by atoms with E-state index in [0.29, 0.717) is 10.4 Å². The summed E-state index contributed by atoms with van der Waals surface area (Å²) in [5.41, 5.74) is 0.716. The Bertz CT molecular complexity index is 513. The molecular weight excluding hydrogens is 200 g/mol. The van der Waals surface area contributed by atoms with Crippen molar-refractivity contribution in [1.82, 2.24) is 0 Å². The minimum atomic E-state index is -0.914. The molecule has 4 heteroatoms. The Labute approximate surface area is 84.2 Å². The van der Waals surface area contributed by atoms with E-state index in [1.54, 1.807) is 25.1 Å². The van der Waals surface area contributed by atoms with Gasteiger partial charge in [0.15, 0.2) is 0 Å². The van der Waals surface area contributed by atoms with Crippen LogP contribution in [0.4, 0.5) is 0 Å². The molecule has 2 rings (SSSR count). The van der Waals surface area contributed by atoms with Crippen molar-refractivity contribution >= 4 is 27.4 Å². The molecule has 0 aliphatic rings. The zero-order chi connectivity index (χ0) is 10.3. The van der Waals surface area contributed by atoms with Crippen molar-refractivity contribution in [3.05, 3.63) is 28.6 Å². The molecule has 3 nitrogen and oxygen atoms in total. The van der Waals surface area contributed by atoms with Crippen molar-refractivity contribution in [2.45, 2.75) is 6.92 Å². The predicted molar refractivity (Wildman–Crippen MR) is 55.2 cm³/mol. The number of phenolic OH excluding ortho intramolecular Hbond substituents is 1. The minimum absolute atomic E-state index is 0.162.